The van der Waals surface area contributed by atoms with Crippen LogP contribution in [0.2, 0.25) is 0 Å². The van der Waals surface area contributed by atoms with Crippen LogP contribution in [0.1, 0.15) is 75.6 Å². The van der Waals surface area contributed by atoms with Gasteiger partial charge in [0.25, 0.3) is 0 Å². The summed E-state index contributed by atoms with van der Waals surface area (Å²) in [5, 5.41) is 16.1. The third kappa shape index (κ3) is 10.3. The molecule has 43 heavy (non-hydrogen) atoms. The van der Waals surface area contributed by atoms with Crippen LogP contribution in [-0.4, -0.2) is 52.2 Å². The van der Waals surface area contributed by atoms with Gasteiger partial charge in [0.2, 0.25) is 5.95 Å². The lowest BCUT2D eigenvalue weighted by atomic mass is 10.1. The monoisotopic (exact) mass is 623 g/mol. The second-order valence-corrected chi connectivity index (χ2v) is 11.0. The van der Waals surface area contributed by atoms with Crippen LogP contribution >= 0.6 is 11.3 Å². The van der Waals surface area contributed by atoms with E-state index >= 15 is 0 Å². The topological polar surface area (TPSA) is 111 Å². The lowest BCUT2D eigenvalue weighted by molar-refractivity contribution is -0.274. The Morgan fingerprint density at radius 2 is 1.70 bits per heavy atom. The predicted octanol–water partition coefficient (Wildman–Crippen LogP) is 8.27. The highest BCUT2D eigenvalue weighted by Crippen LogP contribution is 2.34. The first-order valence-corrected chi connectivity index (χ1v) is 15.3. The first-order valence-electron chi connectivity index (χ1n) is 14.5. The minimum Gasteiger partial charge on any atom is -0.496 e. The summed E-state index contributed by atoms with van der Waals surface area (Å²) in [6, 6.07) is 6.84. The zero-order chi connectivity index (χ0) is 31.4. The van der Waals surface area contributed by atoms with Gasteiger partial charge in [0, 0.05) is 19.2 Å². The van der Waals surface area contributed by atoms with Crippen molar-refractivity contribution in [3.05, 3.63) is 35.9 Å². The fraction of sp³-hybridized carbons (Fsp3) is 0.500. The van der Waals surface area contributed by atoms with Crippen LogP contribution in [0.3, 0.4) is 0 Å². The molecule has 0 spiro atoms. The molecule has 13 heteroatoms. The minimum absolute atomic E-state index is 0.0215. The van der Waals surface area contributed by atoms with Gasteiger partial charge in [-0.3, -0.25) is 0 Å². The van der Waals surface area contributed by atoms with Gasteiger partial charge in [-0.05, 0) is 37.7 Å². The van der Waals surface area contributed by atoms with E-state index < -0.39 is 12.3 Å². The molecule has 2 aromatic heterocycles. The number of hydrogen-bond donors (Lipinski definition) is 3. The number of carboxylic acids is 1. The van der Waals surface area contributed by atoms with E-state index in [1.807, 2.05) is 0 Å². The van der Waals surface area contributed by atoms with E-state index in [1.54, 1.807) is 17.7 Å². The quantitative estimate of drug-likeness (QED) is 0.114. The summed E-state index contributed by atoms with van der Waals surface area (Å²) in [6.45, 7) is 6.78. The van der Waals surface area contributed by atoms with Gasteiger partial charge < -0.3 is 29.8 Å². The molecule has 4 aromatic rings. The highest BCUT2D eigenvalue weighted by molar-refractivity contribution is 7.22. The molecule has 9 nitrogen and oxygen atoms in total. The number of rotatable bonds is 15. The second kappa shape index (κ2) is 16.3. The third-order valence-electron chi connectivity index (χ3n) is 6.70. The zero-order valence-electron chi connectivity index (χ0n) is 25.0. The summed E-state index contributed by atoms with van der Waals surface area (Å²) in [5.41, 5.74) is 1.53. The van der Waals surface area contributed by atoms with Gasteiger partial charge in [0.15, 0.2) is 5.13 Å². The number of carboxylic acid groups (broad SMARTS) is 1. The van der Waals surface area contributed by atoms with Gasteiger partial charge in [0.1, 0.15) is 17.1 Å². The Kier molecular flexibility index (Phi) is 12.9. The molecule has 0 aliphatic heterocycles. The molecule has 0 fully saturated rings. The van der Waals surface area contributed by atoms with Crippen molar-refractivity contribution < 1.29 is 32.5 Å². The normalized spacial score (nSPS) is 11.4. The van der Waals surface area contributed by atoms with Gasteiger partial charge in [-0.25, -0.2) is 14.8 Å². The highest BCUT2D eigenvalue weighted by atomic mass is 32.1. The fourth-order valence-corrected chi connectivity index (χ4v) is 5.37. The van der Waals surface area contributed by atoms with E-state index in [-0.39, 0.29) is 17.1 Å². The predicted molar refractivity (Wildman–Crippen MR) is 165 cm³/mol. The Morgan fingerprint density at radius 1 is 1.00 bits per heavy atom. The molecule has 0 atom stereocenters. The van der Waals surface area contributed by atoms with Crippen LogP contribution in [-0.2, 0) is 7.05 Å². The van der Waals surface area contributed by atoms with Crippen molar-refractivity contribution in [3.8, 4) is 11.5 Å². The van der Waals surface area contributed by atoms with E-state index in [4.69, 9.17) is 4.74 Å². The van der Waals surface area contributed by atoms with E-state index in [0.29, 0.717) is 32.3 Å². The molecular formula is C30H40F3N5O4S. The molecule has 2 heterocycles. The number of carbonyl (C=O) groups is 1. The number of imidazole rings is 1. The summed E-state index contributed by atoms with van der Waals surface area (Å²) in [4.78, 5) is 20.1. The molecule has 2 aromatic carbocycles. The zero-order valence-corrected chi connectivity index (χ0v) is 25.8. The van der Waals surface area contributed by atoms with Crippen molar-refractivity contribution >= 4 is 49.6 Å². The van der Waals surface area contributed by atoms with Crippen LogP contribution < -0.4 is 20.1 Å². The number of aryl methyl sites for hydroxylation is 1. The Morgan fingerprint density at radius 3 is 2.33 bits per heavy atom. The second-order valence-electron chi connectivity index (χ2n) is 9.99. The van der Waals surface area contributed by atoms with Crippen LogP contribution in [0.4, 0.5) is 24.3 Å². The van der Waals surface area contributed by atoms with Crippen LogP contribution in [0.15, 0.2) is 30.3 Å². The highest BCUT2D eigenvalue weighted by Gasteiger charge is 2.31. The molecule has 4 rings (SSSR count). The molecule has 3 N–H and O–H groups in total. The molecule has 236 valence electrons. The number of fused-ring (bicyclic) bond motifs is 2. The lowest BCUT2D eigenvalue weighted by Gasteiger charge is -2.07. The maximum atomic E-state index is 12.4. The number of ether oxygens (including phenoxy) is 2. The van der Waals surface area contributed by atoms with Crippen molar-refractivity contribution in [3.63, 3.8) is 0 Å². The first kappa shape index (κ1) is 33.9. The average Bonchev–Trinajstić information content (AvgIpc) is 3.50. The fourth-order valence-electron chi connectivity index (χ4n) is 4.48. The van der Waals surface area contributed by atoms with E-state index in [9.17, 15) is 23.1 Å². The first-order chi connectivity index (χ1) is 20.6. The Bertz CT molecular complexity index is 1460. The number of aromatic nitrogens is 3. The van der Waals surface area contributed by atoms with E-state index in [1.165, 1.54) is 89.3 Å². The summed E-state index contributed by atoms with van der Waals surface area (Å²) in [7, 11) is 3.10. The summed E-state index contributed by atoms with van der Waals surface area (Å²) < 4.78 is 48.5. The molecule has 0 saturated carbocycles. The number of anilines is 2. The van der Waals surface area contributed by atoms with Gasteiger partial charge in [-0.15, -0.1) is 13.2 Å². The maximum absolute atomic E-state index is 12.4. The Labute approximate surface area is 253 Å². The Balaban J connectivity index is 0.000000331. The van der Waals surface area contributed by atoms with Crippen molar-refractivity contribution in [2.45, 2.75) is 71.6 Å². The number of benzene rings is 2. The number of hydrogen-bond acceptors (Lipinski definition) is 8. The van der Waals surface area contributed by atoms with Crippen molar-refractivity contribution in [2.75, 3.05) is 25.5 Å². The van der Waals surface area contributed by atoms with E-state index in [2.05, 4.69) is 39.2 Å². The molecule has 0 aliphatic rings. The van der Waals surface area contributed by atoms with Crippen molar-refractivity contribution in [2.24, 2.45) is 7.05 Å². The summed E-state index contributed by atoms with van der Waals surface area (Å²) in [6.07, 6.45) is 6.58. The minimum atomic E-state index is -4.78. The average molecular weight is 624 g/mol. The number of nitrogens with one attached hydrogen (secondary N) is 2. The molecule has 0 amide bonds. The number of unbranched alkanes of at least 4 members (excludes halogenated alkanes) is 7. The third-order valence-corrected chi connectivity index (χ3v) is 7.64. The number of aromatic carboxylic acids is 1. The summed E-state index contributed by atoms with van der Waals surface area (Å²) >= 11 is 1.12. The number of thiazole rings is 1. The SMILES string of the molecule is CCCCCCCCCCNCC.COc1cc2c(cc1C(=O)O)nc(Nc1nc3ccc(OC(F)(F)F)cc3s1)n2C. The molecule has 0 unspecified atom stereocenters. The number of alkyl halides is 3. The smallest absolute Gasteiger partial charge is 0.496 e. The van der Waals surface area contributed by atoms with Crippen molar-refractivity contribution in [1.82, 2.24) is 19.9 Å². The largest absolute Gasteiger partial charge is 0.573 e. The number of halogens is 3. The van der Waals surface area contributed by atoms with Crippen molar-refractivity contribution in [1.29, 1.82) is 0 Å². The van der Waals surface area contributed by atoms with Crippen LogP contribution in [0.25, 0.3) is 21.3 Å². The molecule has 0 bridgehead atoms. The maximum Gasteiger partial charge on any atom is 0.573 e. The Hall–Kier alpha value is -3.58. The summed E-state index contributed by atoms with van der Waals surface area (Å²) in [5.74, 6) is -0.902. The van der Waals surface area contributed by atoms with Gasteiger partial charge in [0.05, 0.1) is 28.4 Å². The van der Waals surface area contributed by atoms with Gasteiger partial charge in [-0.2, -0.15) is 0 Å². The van der Waals surface area contributed by atoms with E-state index in [0.717, 1.165) is 17.9 Å². The van der Waals surface area contributed by atoms with Crippen LogP contribution in [0, 0.1) is 0 Å². The molecular weight excluding hydrogens is 583 g/mol. The molecule has 0 radical (unpaired) electrons. The van der Waals surface area contributed by atoms with Gasteiger partial charge >= 0.3 is 12.3 Å². The standard InChI is InChI=1S/C18H13F3N4O4S.C12H27N/c1-25-12-7-13(28-2)9(15(26)27)6-11(12)22-16(25)24-17-23-10-4-3-8(5-14(10)30-17)29-18(19,20)21;1-3-5-6-7-8-9-10-11-12-13-4-2/h3-7H,1-2H3,(H,26,27)(H,22,23,24);13H,3-12H2,1-2H3. The molecule has 0 saturated heterocycles. The molecule has 0 aliphatic carbocycles. The van der Waals surface area contributed by atoms with Gasteiger partial charge in [-0.1, -0.05) is 70.1 Å². The number of methoxy groups -OCH3 is 1. The van der Waals surface area contributed by atoms with Crippen LogP contribution in [0.5, 0.6) is 11.5 Å². The lowest BCUT2D eigenvalue weighted by Crippen LogP contribution is -2.16. The number of nitrogens with zero attached hydrogens (tertiary/aromatic N) is 3.